The monoisotopic (exact) mass is 264 g/mol. The second-order valence-corrected chi connectivity index (χ2v) is 4.99. The number of aromatic amines is 1. The van der Waals surface area contributed by atoms with Crippen molar-refractivity contribution in [1.29, 1.82) is 0 Å². The summed E-state index contributed by atoms with van der Waals surface area (Å²) >= 11 is 0. The number of rotatable bonds is 2. The Morgan fingerprint density at radius 1 is 0.950 bits per heavy atom. The molecule has 0 aliphatic heterocycles. The van der Waals surface area contributed by atoms with Gasteiger partial charge in [0.25, 0.3) is 5.91 Å². The summed E-state index contributed by atoms with van der Waals surface area (Å²) in [5.74, 6) is -0.0138. The Labute approximate surface area is 117 Å². The number of fused-ring (bicyclic) bond motifs is 1. The summed E-state index contributed by atoms with van der Waals surface area (Å²) in [4.78, 5) is 17.2. The van der Waals surface area contributed by atoms with Gasteiger partial charge < -0.3 is 9.88 Å². The first kappa shape index (κ1) is 12.5. The molecule has 20 heavy (non-hydrogen) atoms. The van der Waals surface area contributed by atoms with Crippen LogP contribution >= 0.6 is 0 Å². The molecule has 0 aliphatic rings. The highest BCUT2D eigenvalue weighted by Crippen LogP contribution is 2.32. The lowest BCUT2D eigenvalue weighted by molar-refractivity contribution is 0.0823. The zero-order valence-corrected chi connectivity index (χ0v) is 11.6. The standard InChI is InChI=1S/C17H16N2O/c1-19(2)17(20)16-15(12-8-4-3-5-9-12)13-10-6-7-11-14(13)18-16/h3-11,18H,1-2H3. The van der Waals surface area contributed by atoms with Gasteiger partial charge in [0.1, 0.15) is 5.69 Å². The number of hydrogen-bond acceptors (Lipinski definition) is 1. The molecule has 1 amide bonds. The zero-order chi connectivity index (χ0) is 14.1. The Kier molecular flexibility index (Phi) is 3.03. The van der Waals surface area contributed by atoms with Crippen molar-refractivity contribution in [2.24, 2.45) is 0 Å². The lowest BCUT2D eigenvalue weighted by Gasteiger charge is -2.11. The highest BCUT2D eigenvalue weighted by molar-refractivity contribution is 6.09. The minimum Gasteiger partial charge on any atom is -0.350 e. The van der Waals surface area contributed by atoms with E-state index in [9.17, 15) is 4.79 Å². The van der Waals surface area contributed by atoms with Crippen LogP contribution in [-0.4, -0.2) is 29.9 Å². The van der Waals surface area contributed by atoms with Gasteiger partial charge in [-0.2, -0.15) is 0 Å². The summed E-state index contributed by atoms with van der Waals surface area (Å²) < 4.78 is 0. The SMILES string of the molecule is CN(C)C(=O)c1[nH]c2ccccc2c1-c1ccccc1. The first-order valence-electron chi connectivity index (χ1n) is 6.56. The molecular weight excluding hydrogens is 248 g/mol. The topological polar surface area (TPSA) is 36.1 Å². The van der Waals surface area contributed by atoms with E-state index in [2.05, 4.69) is 4.98 Å². The fourth-order valence-electron chi connectivity index (χ4n) is 2.43. The van der Waals surface area contributed by atoms with Gasteiger partial charge in [0.15, 0.2) is 0 Å². The molecule has 0 aliphatic carbocycles. The molecule has 0 saturated heterocycles. The van der Waals surface area contributed by atoms with Gasteiger partial charge in [-0.1, -0.05) is 48.5 Å². The Morgan fingerprint density at radius 3 is 2.30 bits per heavy atom. The van der Waals surface area contributed by atoms with Crippen molar-refractivity contribution in [1.82, 2.24) is 9.88 Å². The van der Waals surface area contributed by atoms with Crippen molar-refractivity contribution in [3.8, 4) is 11.1 Å². The third-order valence-electron chi connectivity index (χ3n) is 3.39. The quantitative estimate of drug-likeness (QED) is 0.755. The zero-order valence-electron chi connectivity index (χ0n) is 11.6. The minimum atomic E-state index is -0.0138. The highest BCUT2D eigenvalue weighted by Gasteiger charge is 2.19. The summed E-state index contributed by atoms with van der Waals surface area (Å²) in [6, 6.07) is 18.0. The van der Waals surface area contributed by atoms with Gasteiger partial charge >= 0.3 is 0 Å². The van der Waals surface area contributed by atoms with E-state index < -0.39 is 0 Å². The summed E-state index contributed by atoms with van der Waals surface area (Å²) in [6.07, 6.45) is 0. The van der Waals surface area contributed by atoms with Crippen LogP contribution in [0.3, 0.4) is 0 Å². The van der Waals surface area contributed by atoms with Crippen LogP contribution < -0.4 is 0 Å². The molecule has 3 heteroatoms. The number of carbonyl (C=O) groups excluding carboxylic acids is 1. The fourth-order valence-corrected chi connectivity index (χ4v) is 2.43. The maximum absolute atomic E-state index is 12.4. The molecule has 100 valence electrons. The summed E-state index contributed by atoms with van der Waals surface area (Å²) in [6.45, 7) is 0. The number of nitrogens with one attached hydrogen (secondary N) is 1. The smallest absolute Gasteiger partial charge is 0.270 e. The van der Waals surface area contributed by atoms with E-state index in [0.717, 1.165) is 22.0 Å². The van der Waals surface area contributed by atoms with Crippen LogP contribution in [0.25, 0.3) is 22.0 Å². The Balaban J connectivity index is 2.32. The van der Waals surface area contributed by atoms with Crippen LogP contribution in [0.4, 0.5) is 0 Å². The van der Waals surface area contributed by atoms with Crippen LogP contribution in [-0.2, 0) is 0 Å². The van der Waals surface area contributed by atoms with Crippen LogP contribution in [0.5, 0.6) is 0 Å². The molecular formula is C17H16N2O. The number of aromatic nitrogens is 1. The van der Waals surface area contributed by atoms with E-state index in [-0.39, 0.29) is 5.91 Å². The molecule has 0 fully saturated rings. The van der Waals surface area contributed by atoms with Crippen molar-refractivity contribution in [3.05, 3.63) is 60.3 Å². The van der Waals surface area contributed by atoms with E-state index in [1.807, 2.05) is 54.6 Å². The maximum Gasteiger partial charge on any atom is 0.270 e. The predicted molar refractivity (Wildman–Crippen MR) is 81.8 cm³/mol. The molecule has 3 rings (SSSR count). The molecule has 1 N–H and O–H groups in total. The van der Waals surface area contributed by atoms with Crippen molar-refractivity contribution >= 4 is 16.8 Å². The number of nitrogens with zero attached hydrogens (tertiary/aromatic N) is 1. The molecule has 0 radical (unpaired) electrons. The van der Waals surface area contributed by atoms with E-state index in [0.29, 0.717) is 5.69 Å². The predicted octanol–water partition coefficient (Wildman–Crippen LogP) is 3.54. The molecule has 1 heterocycles. The molecule has 0 saturated carbocycles. The maximum atomic E-state index is 12.4. The Hall–Kier alpha value is -2.55. The third kappa shape index (κ3) is 1.97. The van der Waals surface area contributed by atoms with E-state index in [4.69, 9.17) is 0 Å². The summed E-state index contributed by atoms with van der Waals surface area (Å²) in [5.41, 5.74) is 3.65. The number of para-hydroxylation sites is 1. The average Bonchev–Trinajstić information content (AvgIpc) is 2.86. The molecule has 0 atom stereocenters. The van der Waals surface area contributed by atoms with Gasteiger partial charge in [-0.05, 0) is 11.6 Å². The first-order valence-corrected chi connectivity index (χ1v) is 6.56. The summed E-state index contributed by atoms with van der Waals surface area (Å²) in [5, 5.41) is 1.07. The van der Waals surface area contributed by atoms with E-state index >= 15 is 0 Å². The number of H-pyrrole nitrogens is 1. The van der Waals surface area contributed by atoms with Gasteiger partial charge in [-0.25, -0.2) is 0 Å². The normalized spacial score (nSPS) is 10.7. The molecule has 0 bridgehead atoms. The van der Waals surface area contributed by atoms with Crippen molar-refractivity contribution in [3.63, 3.8) is 0 Å². The first-order chi connectivity index (χ1) is 9.68. The lowest BCUT2D eigenvalue weighted by Crippen LogP contribution is -2.22. The van der Waals surface area contributed by atoms with Crippen LogP contribution in [0.2, 0.25) is 0 Å². The second-order valence-electron chi connectivity index (χ2n) is 4.99. The van der Waals surface area contributed by atoms with Crippen LogP contribution in [0, 0.1) is 0 Å². The van der Waals surface area contributed by atoms with Crippen molar-refractivity contribution < 1.29 is 4.79 Å². The fraction of sp³-hybridized carbons (Fsp3) is 0.118. The number of benzene rings is 2. The second kappa shape index (κ2) is 4.85. The molecule has 3 nitrogen and oxygen atoms in total. The average molecular weight is 264 g/mol. The minimum absolute atomic E-state index is 0.0138. The highest BCUT2D eigenvalue weighted by atomic mass is 16.2. The van der Waals surface area contributed by atoms with Gasteiger partial charge in [-0.3, -0.25) is 4.79 Å². The van der Waals surface area contributed by atoms with E-state index in [1.165, 1.54) is 0 Å². The number of carbonyl (C=O) groups is 1. The van der Waals surface area contributed by atoms with E-state index in [1.54, 1.807) is 19.0 Å². The molecule has 0 spiro atoms. The Bertz CT molecular complexity index is 757. The number of hydrogen-bond donors (Lipinski definition) is 1. The van der Waals surface area contributed by atoms with Gasteiger partial charge in [-0.15, -0.1) is 0 Å². The molecule has 0 unspecified atom stereocenters. The molecule has 2 aromatic carbocycles. The largest absolute Gasteiger partial charge is 0.350 e. The summed E-state index contributed by atoms with van der Waals surface area (Å²) in [7, 11) is 3.53. The number of amides is 1. The van der Waals surface area contributed by atoms with Gasteiger partial charge in [0.05, 0.1) is 0 Å². The lowest BCUT2D eigenvalue weighted by atomic mass is 10.0. The molecule has 3 aromatic rings. The van der Waals surface area contributed by atoms with Crippen LogP contribution in [0.1, 0.15) is 10.5 Å². The van der Waals surface area contributed by atoms with Crippen LogP contribution in [0.15, 0.2) is 54.6 Å². The van der Waals surface area contributed by atoms with Crippen molar-refractivity contribution in [2.75, 3.05) is 14.1 Å². The Morgan fingerprint density at radius 2 is 1.60 bits per heavy atom. The van der Waals surface area contributed by atoms with Gasteiger partial charge in [0, 0.05) is 30.6 Å². The van der Waals surface area contributed by atoms with Crippen molar-refractivity contribution in [2.45, 2.75) is 0 Å². The van der Waals surface area contributed by atoms with Gasteiger partial charge in [0.2, 0.25) is 0 Å². The third-order valence-corrected chi connectivity index (χ3v) is 3.39. The molecule has 1 aromatic heterocycles.